The van der Waals surface area contributed by atoms with Crippen molar-refractivity contribution >= 4 is 17.3 Å². The van der Waals surface area contributed by atoms with Crippen LogP contribution in [0.3, 0.4) is 0 Å². The van der Waals surface area contributed by atoms with Gasteiger partial charge in [-0.25, -0.2) is 4.68 Å². The number of carbonyl (C=O) groups excluding carboxylic acids is 1. The molecule has 154 valence electrons. The molecule has 0 radical (unpaired) electrons. The number of rotatable bonds is 5. The van der Waals surface area contributed by atoms with Crippen molar-refractivity contribution in [2.24, 2.45) is 5.92 Å². The van der Waals surface area contributed by atoms with E-state index in [1.54, 1.807) is 12.3 Å². The average molecular weight is 402 g/mol. The highest BCUT2D eigenvalue weighted by Crippen LogP contribution is 2.23. The Labute approximate surface area is 176 Å². The fraction of sp³-hybridized carbons (Fsp3) is 0.292. The molecule has 2 heterocycles. The van der Waals surface area contributed by atoms with Crippen LogP contribution in [0.4, 0.5) is 11.4 Å². The molecule has 4 rings (SSSR count). The third-order valence-electron chi connectivity index (χ3n) is 5.47. The molecule has 1 atom stereocenters. The molecule has 6 nitrogen and oxygen atoms in total. The van der Waals surface area contributed by atoms with Crippen LogP contribution < -0.4 is 15.8 Å². The fourth-order valence-corrected chi connectivity index (χ4v) is 3.86. The van der Waals surface area contributed by atoms with Gasteiger partial charge in [-0.05, 0) is 43.0 Å². The summed E-state index contributed by atoms with van der Waals surface area (Å²) < 4.78 is 1.46. The Balaban J connectivity index is 1.43. The van der Waals surface area contributed by atoms with E-state index in [-0.39, 0.29) is 17.4 Å². The van der Waals surface area contributed by atoms with Crippen LogP contribution in [0.2, 0.25) is 0 Å². The van der Waals surface area contributed by atoms with Crippen molar-refractivity contribution < 1.29 is 4.79 Å². The van der Waals surface area contributed by atoms with Gasteiger partial charge in [0.15, 0.2) is 0 Å². The Morgan fingerprint density at radius 2 is 1.97 bits per heavy atom. The van der Waals surface area contributed by atoms with Gasteiger partial charge in [0.25, 0.3) is 5.56 Å². The third-order valence-corrected chi connectivity index (χ3v) is 5.47. The Kier molecular flexibility index (Phi) is 5.93. The van der Waals surface area contributed by atoms with Crippen LogP contribution in [0, 0.1) is 12.8 Å². The fourth-order valence-electron chi connectivity index (χ4n) is 3.86. The first-order chi connectivity index (χ1) is 14.6. The molecule has 0 spiro atoms. The van der Waals surface area contributed by atoms with Crippen LogP contribution in [0.5, 0.6) is 0 Å². The van der Waals surface area contributed by atoms with Gasteiger partial charge < -0.3 is 10.2 Å². The maximum Gasteiger partial charge on any atom is 0.269 e. The van der Waals surface area contributed by atoms with Crippen LogP contribution in [-0.2, 0) is 11.3 Å². The van der Waals surface area contributed by atoms with Crippen molar-refractivity contribution in [3.8, 4) is 0 Å². The molecular formula is C24H26N4O2. The van der Waals surface area contributed by atoms with Crippen molar-refractivity contribution in [2.45, 2.75) is 26.3 Å². The number of hydrogen-bond donors (Lipinski definition) is 1. The summed E-state index contributed by atoms with van der Waals surface area (Å²) in [6.07, 6.45) is 3.47. The standard InChI is InChI=1S/C24H26N4O2/c1-18-7-5-11-21(13-18)26-24(30)20-10-6-12-27(17-20)22-14-23(29)28(25-15-22)16-19-8-3-2-4-9-19/h2-5,7-9,11,13-15,20H,6,10,12,16-17H2,1H3,(H,26,30)/t20-/m1/s1. The van der Waals surface area contributed by atoms with Gasteiger partial charge in [-0.1, -0.05) is 42.5 Å². The van der Waals surface area contributed by atoms with Gasteiger partial charge in [-0.2, -0.15) is 5.10 Å². The lowest BCUT2D eigenvalue weighted by atomic mass is 9.96. The van der Waals surface area contributed by atoms with Gasteiger partial charge in [0.05, 0.1) is 24.3 Å². The Bertz CT molecular complexity index is 1080. The number of anilines is 2. The molecular weight excluding hydrogens is 376 g/mol. The van der Waals surface area contributed by atoms with Gasteiger partial charge in [-0.15, -0.1) is 0 Å². The number of piperidine rings is 1. The van der Waals surface area contributed by atoms with Gasteiger partial charge in [0, 0.05) is 24.8 Å². The van der Waals surface area contributed by atoms with Gasteiger partial charge >= 0.3 is 0 Å². The summed E-state index contributed by atoms with van der Waals surface area (Å²) >= 11 is 0. The minimum atomic E-state index is -0.136. The van der Waals surface area contributed by atoms with E-state index in [1.165, 1.54) is 4.68 Å². The monoisotopic (exact) mass is 402 g/mol. The molecule has 1 amide bonds. The summed E-state index contributed by atoms with van der Waals surface area (Å²) in [6.45, 7) is 3.85. The second kappa shape index (κ2) is 8.95. The second-order valence-electron chi connectivity index (χ2n) is 7.84. The summed E-state index contributed by atoms with van der Waals surface area (Å²) in [5.74, 6) is -0.0957. The maximum absolute atomic E-state index is 12.8. The summed E-state index contributed by atoms with van der Waals surface area (Å²) in [4.78, 5) is 27.4. The van der Waals surface area contributed by atoms with E-state index in [0.717, 1.165) is 41.9 Å². The van der Waals surface area contributed by atoms with Crippen LogP contribution in [0.1, 0.15) is 24.0 Å². The zero-order chi connectivity index (χ0) is 20.9. The minimum Gasteiger partial charge on any atom is -0.369 e. The second-order valence-corrected chi connectivity index (χ2v) is 7.84. The number of aryl methyl sites for hydroxylation is 1. The quantitative estimate of drug-likeness (QED) is 0.710. The molecule has 0 bridgehead atoms. The van der Waals surface area contributed by atoms with Crippen LogP contribution in [0.15, 0.2) is 71.7 Å². The van der Waals surface area contributed by atoms with E-state index in [1.807, 2.05) is 61.5 Å². The molecule has 1 saturated heterocycles. The first kappa shape index (κ1) is 19.9. The lowest BCUT2D eigenvalue weighted by molar-refractivity contribution is -0.120. The Morgan fingerprint density at radius 1 is 1.13 bits per heavy atom. The first-order valence-electron chi connectivity index (χ1n) is 10.3. The highest BCUT2D eigenvalue weighted by molar-refractivity contribution is 5.93. The zero-order valence-electron chi connectivity index (χ0n) is 17.1. The molecule has 0 saturated carbocycles. The summed E-state index contributed by atoms with van der Waals surface area (Å²) in [7, 11) is 0. The zero-order valence-corrected chi connectivity index (χ0v) is 17.1. The molecule has 1 aromatic heterocycles. The lowest BCUT2D eigenvalue weighted by Crippen LogP contribution is -2.41. The molecule has 1 N–H and O–H groups in total. The van der Waals surface area contributed by atoms with Gasteiger partial charge in [0.1, 0.15) is 0 Å². The highest BCUT2D eigenvalue weighted by atomic mass is 16.2. The van der Waals surface area contributed by atoms with Crippen LogP contribution in [0.25, 0.3) is 0 Å². The molecule has 6 heteroatoms. The van der Waals surface area contributed by atoms with Gasteiger partial charge in [-0.3, -0.25) is 9.59 Å². The SMILES string of the molecule is Cc1cccc(NC(=O)[C@@H]2CCCN(c3cnn(Cc4ccccc4)c(=O)c3)C2)c1. The Hall–Kier alpha value is -3.41. The lowest BCUT2D eigenvalue weighted by Gasteiger charge is -2.33. The summed E-state index contributed by atoms with van der Waals surface area (Å²) in [5.41, 5.74) is 3.60. The number of aromatic nitrogens is 2. The molecule has 2 aromatic carbocycles. The first-order valence-corrected chi connectivity index (χ1v) is 10.3. The molecule has 0 unspecified atom stereocenters. The third kappa shape index (κ3) is 4.76. The van der Waals surface area contributed by atoms with Gasteiger partial charge in [0.2, 0.25) is 5.91 Å². The largest absolute Gasteiger partial charge is 0.369 e. The Morgan fingerprint density at radius 3 is 2.73 bits per heavy atom. The van der Waals surface area contributed by atoms with Crippen LogP contribution >= 0.6 is 0 Å². The summed E-state index contributed by atoms with van der Waals surface area (Å²) in [5, 5.41) is 7.38. The van der Waals surface area contributed by atoms with Crippen molar-refractivity contribution in [3.63, 3.8) is 0 Å². The topological polar surface area (TPSA) is 67.2 Å². The van der Waals surface area contributed by atoms with E-state index in [4.69, 9.17) is 0 Å². The van der Waals surface area contributed by atoms with Crippen molar-refractivity contribution in [3.05, 3.63) is 88.3 Å². The number of nitrogens with zero attached hydrogens (tertiary/aromatic N) is 3. The predicted octanol–water partition coefficient (Wildman–Crippen LogP) is 3.46. The molecule has 1 aliphatic rings. The van der Waals surface area contributed by atoms with E-state index < -0.39 is 0 Å². The molecule has 3 aromatic rings. The predicted molar refractivity (Wildman–Crippen MR) is 119 cm³/mol. The van der Waals surface area contributed by atoms with E-state index in [0.29, 0.717) is 13.1 Å². The molecule has 1 fully saturated rings. The van der Waals surface area contributed by atoms with E-state index >= 15 is 0 Å². The van der Waals surface area contributed by atoms with Crippen molar-refractivity contribution in [1.82, 2.24) is 9.78 Å². The van der Waals surface area contributed by atoms with Crippen LogP contribution in [-0.4, -0.2) is 28.8 Å². The molecule has 0 aliphatic carbocycles. The smallest absolute Gasteiger partial charge is 0.269 e. The average Bonchev–Trinajstić information content (AvgIpc) is 2.76. The van der Waals surface area contributed by atoms with Crippen molar-refractivity contribution in [1.29, 1.82) is 0 Å². The number of benzene rings is 2. The molecule has 1 aliphatic heterocycles. The number of hydrogen-bond acceptors (Lipinski definition) is 4. The van der Waals surface area contributed by atoms with E-state index in [2.05, 4.69) is 15.3 Å². The van der Waals surface area contributed by atoms with E-state index in [9.17, 15) is 9.59 Å². The normalized spacial score (nSPS) is 16.3. The minimum absolute atomic E-state index is 0.0238. The number of nitrogens with one attached hydrogen (secondary N) is 1. The number of amides is 1. The van der Waals surface area contributed by atoms with Crippen molar-refractivity contribution in [2.75, 3.05) is 23.3 Å². The maximum atomic E-state index is 12.8. The summed E-state index contributed by atoms with van der Waals surface area (Å²) in [6, 6.07) is 19.2. The molecule has 30 heavy (non-hydrogen) atoms. The highest BCUT2D eigenvalue weighted by Gasteiger charge is 2.26. The number of carbonyl (C=O) groups is 1.